The molecule has 10 rings (SSSR count). The first-order valence-corrected chi connectivity index (χ1v) is 19.6. The lowest BCUT2D eigenvalue weighted by molar-refractivity contribution is 0.447. The number of fused-ring (bicyclic) bond motifs is 5. The van der Waals surface area contributed by atoms with E-state index in [0.29, 0.717) is 20.9 Å². The summed E-state index contributed by atoms with van der Waals surface area (Å²) in [5.41, 5.74) is 0.595. The van der Waals surface area contributed by atoms with Crippen LogP contribution in [0.4, 0.5) is 26.3 Å². The number of hydrogen-bond donors (Lipinski definition) is 0. The third-order valence-corrected chi connectivity index (χ3v) is 15.1. The van der Waals surface area contributed by atoms with Crippen LogP contribution in [0.3, 0.4) is 0 Å². The van der Waals surface area contributed by atoms with E-state index in [2.05, 4.69) is 36.4 Å². The van der Waals surface area contributed by atoms with E-state index in [0.717, 1.165) is 94.0 Å². The molecule has 10 aromatic rings. The number of rotatable bonds is 4. The van der Waals surface area contributed by atoms with E-state index >= 15 is 0 Å². The molecule has 0 aliphatic carbocycles. The molecule has 50 heavy (non-hydrogen) atoms. The van der Waals surface area contributed by atoms with Crippen LogP contribution in [0.5, 0.6) is 0 Å². The molecule has 0 aliphatic rings. The number of thiazole rings is 2. The predicted molar refractivity (Wildman–Crippen MR) is 198 cm³/mol. The van der Waals surface area contributed by atoms with Gasteiger partial charge in [0, 0.05) is 28.6 Å². The Labute approximate surface area is 300 Å². The van der Waals surface area contributed by atoms with Gasteiger partial charge in [0.2, 0.25) is 0 Å². The third-order valence-electron chi connectivity index (χ3n) is 8.24. The van der Waals surface area contributed by atoms with E-state index in [1.807, 2.05) is 12.1 Å². The fourth-order valence-corrected chi connectivity index (χ4v) is 12.4. The van der Waals surface area contributed by atoms with Crippen molar-refractivity contribution in [2.45, 2.75) is 0 Å². The molecule has 0 atom stereocenters. The summed E-state index contributed by atoms with van der Waals surface area (Å²) >= 11 is 9.08. The molecular formula is C36H12F6N2S6. The Morgan fingerprint density at radius 3 is 0.980 bits per heavy atom. The van der Waals surface area contributed by atoms with Crippen molar-refractivity contribution in [2.24, 2.45) is 0 Å². The highest BCUT2D eigenvalue weighted by Crippen LogP contribution is 2.46. The van der Waals surface area contributed by atoms with Gasteiger partial charge in [-0.1, -0.05) is 22.7 Å². The molecule has 0 amide bonds. The van der Waals surface area contributed by atoms with Crippen LogP contribution in [0.2, 0.25) is 0 Å². The SMILES string of the molecule is Fc1cc(-c2cc3cc4sc(-c5nc6sc(-c7cc8cc9sc(-c%10cc(F)c(F)c(F)c%10)cc9cc8s7)nc6s5)cc4cc3s2)cc(F)c1F. The highest BCUT2D eigenvalue weighted by Gasteiger charge is 2.19. The standard InChI is InChI=1S/C36H12F6N2S6/c37-19-1-13(2-20(38)31(19)41)23-5-15-7-27-17(9-25(15)45-23)11-29(47-27)33-43-35-36(49-33)44-34(50-35)30-12-18-10-26-16(8-28(18)48-30)6-24(46-26)14-3-21(39)32(42)22(40)4-14/h1-12H. The van der Waals surface area contributed by atoms with Crippen molar-refractivity contribution in [3.05, 3.63) is 108 Å². The molecule has 0 saturated carbocycles. The Kier molecular flexibility index (Phi) is 6.84. The molecule has 0 radical (unpaired) electrons. The predicted octanol–water partition coefficient (Wildman–Crippen LogP) is 14.1. The number of aromatic nitrogens is 2. The Morgan fingerprint density at radius 1 is 0.340 bits per heavy atom. The first kappa shape index (κ1) is 30.6. The van der Waals surface area contributed by atoms with E-state index in [1.54, 1.807) is 22.7 Å². The quantitative estimate of drug-likeness (QED) is 0.131. The van der Waals surface area contributed by atoms with Crippen LogP contribution in [0, 0.1) is 34.9 Å². The highest BCUT2D eigenvalue weighted by atomic mass is 32.1. The first-order chi connectivity index (χ1) is 24.1. The van der Waals surface area contributed by atoms with E-state index in [1.165, 1.54) is 45.3 Å². The van der Waals surface area contributed by atoms with Gasteiger partial charge in [0.05, 0.1) is 9.75 Å². The fourth-order valence-electron chi connectivity index (χ4n) is 5.89. The molecule has 0 unspecified atom stereocenters. The monoisotopic (exact) mass is 778 g/mol. The summed E-state index contributed by atoms with van der Waals surface area (Å²) in [6, 6.07) is 20.2. The van der Waals surface area contributed by atoms with Crippen molar-refractivity contribution >= 4 is 118 Å². The molecule has 6 heterocycles. The summed E-state index contributed by atoms with van der Waals surface area (Å²) < 4.78 is 86.4. The normalized spacial score (nSPS) is 12.2. The van der Waals surface area contributed by atoms with Crippen LogP contribution in [-0.2, 0) is 0 Å². The van der Waals surface area contributed by atoms with E-state index in [4.69, 9.17) is 9.97 Å². The number of benzene rings is 4. The summed E-state index contributed by atoms with van der Waals surface area (Å²) in [6.07, 6.45) is 0. The van der Waals surface area contributed by atoms with Gasteiger partial charge in [-0.15, -0.1) is 45.3 Å². The van der Waals surface area contributed by atoms with E-state index in [-0.39, 0.29) is 0 Å². The summed E-state index contributed by atoms with van der Waals surface area (Å²) in [5.74, 6) is -7.79. The molecule has 14 heteroatoms. The van der Waals surface area contributed by atoms with Crippen LogP contribution in [0.15, 0.2) is 72.8 Å². The maximum atomic E-state index is 13.9. The lowest BCUT2D eigenvalue weighted by atomic mass is 10.1. The van der Waals surface area contributed by atoms with Crippen molar-refractivity contribution in [1.82, 2.24) is 9.97 Å². The van der Waals surface area contributed by atoms with E-state index < -0.39 is 34.9 Å². The van der Waals surface area contributed by atoms with Crippen molar-refractivity contribution in [2.75, 3.05) is 0 Å². The minimum absolute atomic E-state index is 0.298. The van der Waals surface area contributed by atoms with Gasteiger partial charge in [0.25, 0.3) is 0 Å². The van der Waals surface area contributed by atoms with Crippen LogP contribution < -0.4 is 0 Å². The fraction of sp³-hybridized carbons (Fsp3) is 0. The molecule has 0 N–H and O–H groups in total. The lowest BCUT2D eigenvalue weighted by Gasteiger charge is -2.00. The maximum absolute atomic E-state index is 13.9. The Balaban J connectivity index is 0.937. The maximum Gasteiger partial charge on any atom is 0.194 e. The second kappa shape index (κ2) is 11.2. The van der Waals surface area contributed by atoms with Gasteiger partial charge in [-0.05, 0) is 105 Å². The van der Waals surface area contributed by atoms with Crippen LogP contribution >= 0.6 is 68.0 Å². The molecule has 0 saturated heterocycles. The largest absolute Gasteiger partial charge is 0.222 e. The van der Waals surface area contributed by atoms with Gasteiger partial charge >= 0.3 is 0 Å². The zero-order chi connectivity index (χ0) is 34.0. The van der Waals surface area contributed by atoms with E-state index in [9.17, 15) is 26.3 Å². The lowest BCUT2D eigenvalue weighted by Crippen LogP contribution is -1.90. The van der Waals surface area contributed by atoms with Crippen molar-refractivity contribution < 1.29 is 26.3 Å². The van der Waals surface area contributed by atoms with Crippen molar-refractivity contribution in [3.63, 3.8) is 0 Å². The van der Waals surface area contributed by atoms with Crippen LogP contribution in [0.25, 0.3) is 90.7 Å². The minimum Gasteiger partial charge on any atom is -0.222 e. The Bertz CT molecular complexity index is 2650. The van der Waals surface area contributed by atoms with Gasteiger partial charge in [-0.25, -0.2) is 36.3 Å². The molecule has 6 aromatic heterocycles. The molecule has 0 aliphatic heterocycles. The second-order valence-electron chi connectivity index (χ2n) is 11.5. The van der Waals surface area contributed by atoms with Crippen molar-refractivity contribution in [3.8, 4) is 40.7 Å². The molecule has 2 nitrogen and oxygen atoms in total. The first-order valence-electron chi connectivity index (χ1n) is 14.7. The van der Waals surface area contributed by atoms with Gasteiger partial charge in [0.1, 0.15) is 10.0 Å². The topological polar surface area (TPSA) is 25.8 Å². The molecule has 244 valence electrons. The van der Waals surface area contributed by atoms with Gasteiger partial charge in [0.15, 0.2) is 44.6 Å². The summed E-state index contributed by atoms with van der Waals surface area (Å²) in [5, 5.41) is 5.68. The van der Waals surface area contributed by atoms with Crippen LogP contribution in [0.1, 0.15) is 0 Å². The van der Waals surface area contributed by atoms with Gasteiger partial charge in [-0.3, -0.25) is 0 Å². The molecular weight excluding hydrogens is 767 g/mol. The second-order valence-corrected chi connectivity index (χ2v) is 17.7. The average molecular weight is 779 g/mol. The summed E-state index contributed by atoms with van der Waals surface area (Å²) in [6.45, 7) is 0. The average Bonchev–Trinajstić information content (AvgIpc) is 3.92. The summed E-state index contributed by atoms with van der Waals surface area (Å²) in [4.78, 5) is 14.9. The van der Waals surface area contributed by atoms with Gasteiger partial charge < -0.3 is 0 Å². The Morgan fingerprint density at radius 2 is 0.640 bits per heavy atom. The zero-order valence-electron chi connectivity index (χ0n) is 24.5. The van der Waals surface area contributed by atoms with Crippen molar-refractivity contribution in [1.29, 1.82) is 0 Å². The summed E-state index contributed by atoms with van der Waals surface area (Å²) in [7, 11) is 0. The Hall–Kier alpha value is -4.18. The third kappa shape index (κ3) is 4.92. The molecule has 0 fully saturated rings. The van der Waals surface area contributed by atoms with Crippen LogP contribution in [-0.4, -0.2) is 9.97 Å². The smallest absolute Gasteiger partial charge is 0.194 e. The number of hydrogen-bond acceptors (Lipinski definition) is 8. The zero-order valence-corrected chi connectivity index (χ0v) is 29.4. The number of halogens is 6. The molecule has 0 bridgehead atoms. The highest BCUT2D eigenvalue weighted by molar-refractivity contribution is 7.33. The number of nitrogens with zero attached hydrogens (tertiary/aromatic N) is 2. The molecule has 4 aromatic carbocycles. The number of thiophene rings is 4. The minimum atomic E-state index is -1.47. The van der Waals surface area contributed by atoms with Gasteiger partial charge in [-0.2, -0.15) is 0 Å². The molecule has 0 spiro atoms.